The molecule has 0 aromatic heterocycles. The van der Waals surface area contributed by atoms with Gasteiger partial charge in [0, 0.05) is 25.7 Å². The molecule has 1 saturated heterocycles. The summed E-state index contributed by atoms with van der Waals surface area (Å²) in [4.78, 5) is 4.82. The summed E-state index contributed by atoms with van der Waals surface area (Å²) < 4.78 is 0. The van der Waals surface area contributed by atoms with Crippen molar-refractivity contribution in [3.63, 3.8) is 0 Å². The van der Waals surface area contributed by atoms with Gasteiger partial charge in [-0.2, -0.15) is 0 Å². The number of likely N-dealkylation sites (N-methyl/N-ethyl adjacent to an activating group) is 2. The van der Waals surface area contributed by atoms with Gasteiger partial charge in [-0.3, -0.25) is 0 Å². The summed E-state index contributed by atoms with van der Waals surface area (Å²) in [7, 11) is 4.40. The maximum absolute atomic E-state index is 5.51. The molecule has 0 spiro atoms. The number of hydrogen-bond acceptors (Lipinski definition) is 3. The zero-order valence-corrected chi connectivity index (χ0v) is 9.00. The SMILES string of the molecule is CN(CCN)C[C@H]1CCCCN1C. The maximum Gasteiger partial charge on any atom is 0.0220 e. The van der Waals surface area contributed by atoms with E-state index in [9.17, 15) is 0 Å². The van der Waals surface area contributed by atoms with Crippen LogP contribution in [0.1, 0.15) is 19.3 Å². The van der Waals surface area contributed by atoms with E-state index in [-0.39, 0.29) is 0 Å². The molecular weight excluding hydrogens is 162 g/mol. The van der Waals surface area contributed by atoms with E-state index in [1.54, 1.807) is 0 Å². The molecule has 2 N–H and O–H groups in total. The molecule has 1 atom stereocenters. The minimum atomic E-state index is 0.755. The number of nitrogens with two attached hydrogens (primary N) is 1. The van der Waals surface area contributed by atoms with Crippen LogP contribution in [0.2, 0.25) is 0 Å². The average Bonchev–Trinajstić information content (AvgIpc) is 2.09. The largest absolute Gasteiger partial charge is 0.329 e. The Kier molecular flexibility index (Phi) is 4.70. The first kappa shape index (κ1) is 11.0. The number of rotatable bonds is 4. The van der Waals surface area contributed by atoms with Crippen LogP contribution in [0.5, 0.6) is 0 Å². The molecule has 0 aromatic carbocycles. The van der Waals surface area contributed by atoms with Crippen LogP contribution in [-0.4, -0.2) is 56.1 Å². The standard InChI is InChI=1S/C10H23N3/c1-12(8-6-11)9-10-5-3-4-7-13(10)2/h10H,3-9,11H2,1-2H3/t10-/m1/s1. The monoisotopic (exact) mass is 185 g/mol. The zero-order chi connectivity index (χ0) is 9.68. The van der Waals surface area contributed by atoms with Gasteiger partial charge < -0.3 is 15.5 Å². The molecule has 0 aliphatic carbocycles. The van der Waals surface area contributed by atoms with Crippen LogP contribution in [0.15, 0.2) is 0 Å². The quantitative estimate of drug-likeness (QED) is 0.686. The molecule has 1 aliphatic heterocycles. The van der Waals surface area contributed by atoms with Crippen LogP contribution in [-0.2, 0) is 0 Å². The number of likely N-dealkylation sites (tertiary alicyclic amines) is 1. The molecule has 0 aromatic rings. The Morgan fingerprint density at radius 1 is 1.46 bits per heavy atom. The van der Waals surface area contributed by atoms with E-state index in [1.807, 2.05) is 0 Å². The third-order valence-electron chi connectivity index (χ3n) is 2.95. The molecule has 0 radical (unpaired) electrons. The van der Waals surface area contributed by atoms with Crippen molar-refractivity contribution in [2.24, 2.45) is 5.73 Å². The number of hydrogen-bond donors (Lipinski definition) is 1. The minimum absolute atomic E-state index is 0.755. The summed E-state index contributed by atoms with van der Waals surface area (Å²) in [6.07, 6.45) is 4.12. The van der Waals surface area contributed by atoms with Gasteiger partial charge in [-0.15, -0.1) is 0 Å². The van der Waals surface area contributed by atoms with Gasteiger partial charge in [-0.05, 0) is 33.5 Å². The summed E-state index contributed by atoms with van der Waals surface area (Å²) in [5.74, 6) is 0. The van der Waals surface area contributed by atoms with E-state index < -0.39 is 0 Å². The predicted molar refractivity (Wildman–Crippen MR) is 56.8 cm³/mol. The molecular formula is C10H23N3. The fourth-order valence-electron chi connectivity index (χ4n) is 2.05. The van der Waals surface area contributed by atoms with Gasteiger partial charge in [-0.25, -0.2) is 0 Å². The van der Waals surface area contributed by atoms with Crippen molar-refractivity contribution in [3.8, 4) is 0 Å². The second-order valence-electron chi connectivity index (χ2n) is 4.18. The van der Waals surface area contributed by atoms with Crippen LogP contribution in [0.3, 0.4) is 0 Å². The van der Waals surface area contributed by atoms with Crippen molar-refractivity contribution < 1.29 is 0 Å². The Bertz CT molecular complexity index is 138. The molecule has 13 heavy (non-hydrogen) atoms. The summed E-state index contributed by atoms with van der Waals surface area (Å²) in [6, 6.07) is 0.755. The molecule has 0 saturated carbocycles. The lowest BCUT2D eigenvalue weighted by Gasteiger charge is -2.35. The maximum atomic E-state index is 5.51. The van der Waals surface area contributed by atoms with Gasteiger partial charge in [0.15, 0.2) is 0 Å². The second kappa shape index (κ2) is 5.58. The first-order valence-corrected chi connectivity index (χ1v) is 5.33. The summed E-state index contributed by atoms with van der Waals surface area (Å²) in [6.45, 7) is 4.23. The third kappa shape index (κ3) is 3.63. The van der Waals surface area contributed by atoms with Crippen LogP contribution in [0, 0.1) is 0 Å². The molecule has 3 nitrogen and oxygen atoms in total. The molecule has 0 unspecified atom stereocenters. The molecule has 1 rings (SSSR count). The van der Waals surface area contributed by atoms with Gasteiger partial charge in [0.2, 0.25) is 0 Å². The third-order valence-corrected chi connectivity index (χ3v) is 2.95. The van der Waals surface area contributed by atoms with Crippen molar-refractivity contribution in [2.75, 3.05) is 40.3 Å². The fourth-order valence-corrected chi connectivity index (χ4v) is 2.05. The molecule has 0 amide bonds. The highest BCUT2D eigenvalue weighted by Gasteiger charge is 2.19. The smallest absolute Gasteiger partial charge is 0.0220 e. The molecule has 3 heteroatoms. The first-order chi connectivity index (χ1) is 6.24. The fraction of sp³-hybridized carbons (Fsp3) is 1.00. The van der Waals surface area contributed by atoms with Gasteiger partial charge in [0.1, 0.15) is 0 Å². The normalized spacial score (nSPS) is 25.4. The van der Waals surface area contributed by atoms with E-state index in [1.165, 1.54) is 32.4 Å². The first-order valence-electron chi connectivity index (χ1n) is 5.33. The van der Waals surface area contributed by atoms with Crippen molar-refractivity contribution >= 4 is 0 Å². The van der Waals surface area contributed by atoms with Crippen molar-refractivity contribution in [3.05, 3.63) is 0 Å². The molecule has 78 valence electrons. The number of piperidine rings is 1. The van der Waals surface area contributed by atoms with Gasteiger partial charge >= 0.3 is 0 Å². The Balaban J connectivity index is 2.25. The molecule has 1 aliphatic rings. The Morgan fingerprint density at radius 3 is 2.85 bits per heavy atom. The summed E-state index contributed by atoms with van der Waals surface area (Å²) >= 11 is 0. The van der Waals surface area contributed by atoms with E-state index >= 15 is 0 Å². The molecule has 1 fully saturated rings. The topological polar surface area (TPSA) is 32.5 Å². The van der Waals surface area contributed by atoms with Crippen molar-refractivity contribution in [1.82, 2.24) is 9.80 Å². The predicted octanol–water partition coefficient (Wildman–Crippen LogP) is 0.361. The van der Waals surface area contributed by atoms with E-state index in [0.717, 1.165) is 19.1 Å². The Labute approximate surface area is 81.9 Å². The highest BCUT2D eigenvalue weighted by Crippen LogP contribution is 2.15. The number of nitrogens with zero attached hydrogens (tertiary/aromatic N) is 2. The van der Waals surface area contributed by atoms with Crippen molar-refractivity contribution in [2.45, 2.75) is 25.3 Å². The van der Waals surface area contributed by atoms with Crippen LogP contribution in [0.25, 0.3) is 0 Å². The molecule has 0 bridgehead atoms. The summed E-state index contributed by atoms with van der Waals surface area (Å²) in [5, 5.41) is 0. The van der Waals surface area contributed by atoms with Gasteiger partial charge in [0.25, 0.3) is 0 Å². The Morgan fingerprint density at radius 2 is 2.23 bits per heavy atom. The second-order valence-corrected chi connectivity index (χ2v) is 4.18. The summed E-state index contributed by atoms with van der Waals surface area (Å²) in [5.41, 5.74) is 5.51. The van der Waals surface area contributed by atoms with E-state index in [4.69, 9.17) is 5.73 Å². The van der Waals surface area contributed by atoms with E-state index in [0.29, 0.717) is 0 Å². The Hall–Kier alpha value is -0.120. The highest BCUT2D eigenvalue weighted by molar-refractivity contribution is 4.76. The van der Waals surface area contributed by atoms with Crippen LogP contribution >= 0.6 is 0 Å². The van der Waals surface area contributed by atoms with E-state index in [2.05, 4.69) is 23.9 Å². The van der Waals surface area contributed by atoms with Gasteiger partial charge in [0.05, 0.1) is 0 Å². The van der Waals surface area contributed by atoms with Crippen LogP contribution < -0.4 is 5.73 Å². The lowest BCUT2D eigenvalue weighted by Crippen LogP contribution is -2.44. The van der Waals surface area contributed by atoms with Crippen LogP contribution in [0.4, 0.5) is 0 Å². The lowest BCUT2D eigenvalue weighted by molar-refractivity contribution is 0.142. The zero-order valence-electron chi connectivity index (χ0n) is 9.00. The highest BCUT2D eigenvalue weighted by atomic mass is 15.2. The van der Waals surface area contributed by atoms with Crippen molar-refractivity contribution in [1.29, 1.82) is 0 Å². The average molecular weight is 185 g/mol. The molecule has 1 heterocycles. The lowest BCUT2D eigenvalue weighted by atomic mass is 10.0. The minimum Gasteiger partial charge on any atom is -0.329 e. The van der Waals surface area contributed by atoms with Gasteiger partial charge in [-0.1, -0.05) is 6.42 Å².